The molecule has 0 aliphatic carbocycles. The van der Waals surface area contributed by atoms with Crippen LogP contribution < -0.4 is 4.90 Å². The zero-order valence-corrected chi connectivity index (χ0v) is 14.9. The third kappa shape index (κ3) is 3.31. The van der Waals surface area contributed by atoms with E-state index in [1.54, 1.807) is 9.80 Å². The number of alkyl halides is 3. The number of likely N-dealkylation sites (N-methyl/N-ethyl adjacent to an activating group) is 1. The molecule has 2 saturated heterocycles. The largest absolute Gasteiger partial charge is 0.433 e. The Labute approximate surface area is 153 Å². The highest BCUT2D eigenvalue weighted by Crippen LogP contribution is 2.33. The van der Waals surface area contributed by atoms with Crippen LogP contribution in [-0.2, 0) is 11.0 Å². The summed E-state index contributed by atoms with van der Waals surface area (Å²) in [4.78, 5) is 26.0. The van der Waals surface area contributed by atoms with Gasteiger partial charge in [0, 0.05) is 38.8 Å². The summed E-state index contributed by atoms with van der Waals surface area (Å²) in [5.41, 5.74) is -1.03. The molecule has 146 valence electrons. The molecular formula is C16H20F3N7O. The molecule has 0 spiro atoms. The topological polar surface area (TPSA) is 69.9 Å². The quantitative estimate of drug-likeness (QED) is 0.767. The van der Waals surface area contributed by atoms with Crippen molar-refractivity contribution in [2.75, 3.05) is 44.7 Å². The molecule has 0 N–H and O–H groups in total. The molecule has 2 fully saturated rings. The van der Waals surface area contributed by atoms with Crippen molar-refractivity contribution in [2.24, 2.45) is 0 Å². The SMILES string of the molecule is CN1CCN(C(=O)C2CCCN2c2cc(C(F)(F)F)nc3ncnn23)CC1. The van der Waals surface area contributed by atoms with E-state index in [0.29, 0.717) is 26.1 Å². The monoisotopic (exact) mass is 383 g/mol. The highest BCUT2D eigenvalue weighted by atomic mass is 19.4. The number of hydrogen-bond acceptors (Lipinski definition) is 6. The van der Waals surface area contributed by atoms with E-state index in [4.69, 9.17) is 0 Å². The zero-order chi connectivity index (χ0) is 19.2. The molecule has 0 radical (unpaired) electrons. The van der Waals surface area contributed by atoms with E-state index in [1.165, 1.54) is 10.8 Å². The van der Waals surface area contributed by atoms with E-state index in [0.717, 1.165) is 25.6 Å². The normalized spacial score (nSPS) is 22.0. The summed E-state index contributed by atoms with van der Waals surface area (Å²) in [6.45, 7) is 3.32. The fraction of sp³-hybridized carbons (Fsp3) is 0.625. The lowest BCUT2D eigenvalue weighted by Gasteiger charge is -2.36. The third-order valence-corrected chi connectivity index (χ3v) is 5.17. The van der Waals surface area contributed by atoms with Crippen molar-refractivity contribution in [2.45, 2.75) is 25.1 Å². The van der Waals surface area contributed by atoms with Crippen molar-refractivity contribution in [3.8, 4) is 0 Å². The Hall–Kier alpha value is -2.43. The summed E-state index contributed by atoms with van der Waals surface area (Å²) in [6.07, 6.45) is -2.10. The summed E-state index contributed by atoms with van der Waals surface area (Å²) < 4.78 is 41.0. The van der Waals surface area contributed by atoms with Crippen LogP contribution in [0.4, 0.5) is 19.0 Å². The molecule has 8 nitrogen and oxygen atoms in total. The van der Waals surface area contributed by atoms with Gasteiger partial charge in [-0.15, -0.1) is 0 Å². The van der Waals surface area contributed by atoms with Crippen molar-refractivity contribution >= 4 is 17.5 Å². The Kier molecular flexibility index (Phi) is 4.41. The molecule has 27 heavy (non-hydrogen) atoms. The van der Waals surface area contributed by atoms with Gasteiger partial charge in [-0.1, -0.05) is 0 Å². The van der Waals surface area contributed by atoms with Crippen LogP contribution in [0.5, 0.6) is 0 Å². The summed E-state index contributed by atoms with van der Waals surface area (Å²) in [5, 5.41) is 4.01. The van der Waals surface area contributed by atoms with Gasteiger partial charge < -0.3 is 14.7 Å². The van der Waals surface area contributed by atoms with Gasteiger partial charge in [-0.05, 0) is 19.9 Å². The number of rotatable bonds is 2. The second-order valence-electron chi connectivity index (χ2n) is 6.95. The lowest BCUT2D eigenvalue weighted by Crippen LogP contribution is -2.53. The number of piperazine rings is 1. The lowest BCUT2D eigenvalue weighted by molar-refractivity contribution is -0.141. The van der Waals surface area contributed by atoms with E-state index in [1.807, 2.05) is 7.05 Å². The highest BCUT2D eigenvalue weighted by Gasteiger charge is 2.39. The molecule has 2 aliphatic heterocycles. The average molecular weight is 383 g/mol. The second-order valence-corrected chi connectivity index (χ2v) is 6.95. The number of fused-ring (bicyclic) bond motifs is 1. The van der Waals surface area contributed by atoms with Gasteiger partial charge in [0.25, 0.3) is 5.78 Å². The smallest absolute Gasteiger partial charge is 0.344 e. The first-order chi connectivity index (χ1) is 12.8. The molecule has 4 heterocycles. The number of carbonyl (C=O) groups is 1. The van der Waals surface area contributed by atoms with Crippen LogP contribution in [0.1, 0.15) is 18.5 Å². The molecule has 0 saturated carbocycles. The maximum absolute atomic E-state index is 13.3. The molecule has 1 atom stereocenters. The fourth-order valence-corrected chi connectivity index (χ4v) is 3.68. The van der Waals surface area contributed by atoms with Crippen LogP contribution in [0.2, 0.25) is 0 Å². The average Bonchev–Trinajstić information content (AvgIpc) is 3.29. The van der Waals surface area contributed by atoms with Crippen LogP contribution >= 0.6 is 0 Å². The molecule has 2 aliphatic rings. The number of amides is 1. The standard InChI is InChI=1S/C16H20F3N7O/c1-23-5-7-24(8-6-23)14(27)11-3-2-4-25(11)13-9-12(16(17,18)19)22-15-20-10-21-26(13)15/h9-11H,2-8H2,1H3. The van der Waals surface area contributed by atoms with Crippen LogP contribution in [0.15, 0.2) is 12.4 Å². The maximum Gasteiger partial charge on any atom is 0.433 e. The minimum absolute atomic E-state index is 0.0424. The molecule has 0 aromatic carbocycles. The summed E-state index contributed by atoms with van der Waals surface area (Å²) in [5.74, 6) is 0.0339. The van der Waals surface area contributed by atoms with Gasteiger partial charge in [0.15, 0.2) is 5.69 Å². The number of halogens is 3. The molecular weight excluding hydrogens is 363 g/mol. The highest BCUT2D eigenvalue weighted by molar-refractivity contribution is 5.86. The first kappa shape index (κ1) is 18.0. The van der Waals surface area contributed by atoms with E-state index in [2.05, 4.69) is 20.0 Å². The van der Waals surface area contributed by atoms with Gasteiger partial charge in [-0.3, -0.25) is 4.79 Å². The number of anilines is 1. The summed E-state index contributed by atoms with van der Waals surface area (Å²) in [7, 11) is 2.00. The third-order valence-electron chi connectivity index (χ3n) is 5.17. The molecule has 1 amide bonds. The molecule has 4 rings (SSSR count). The van der Waals surface area contributed by atoms with Crippen molar-refractivity contribution in [3.05, 3.63) is 18.1 Å². The Bertz CT molecular complexity index is 844. The van der Waals surface area contributed by atoms with Gasteiger partial charge in [-0.25, -0.2) is 4.98 Å². The number of aromatic nitrogens is 4. The summed E-state index contributed by atoms with van der Waals surface area (Å²) >= 11 is 0. The Morgan fingerprint density at radius 2 is 1.93 bits per heavy atom. The predicted octanol–water partition coefficient (Wildman–Crippen LogP) is 0.886. The number of hydrogen-bond donors (Lipinski definition) is 0. The lowest BCUT2D eigenvalue weighted by atomic mass is 10.1. The van der Waals surface area contributed by atoms with Gasteiger partial charge in [0.1, 0.15) is 18.2 Å². The van der Waals surface area contributed by atoms with Gasteiger partial charge >= 0.3 is 6.18 Å². The Morgan fingerprint density at radius 1 is 1.19 bits per heavy atom. The van der Waals surface area contributed by atoms with Crippen molar-refractivity contribution in [3.63, 3.8) is 0 Å². The summed E-state index contributed by atoms with van der Waals surface area (Å²) in [6, 6.07) is 0.460. The molecule has 11 heteroatoms. The van der Waals surface area contributed by atoms with E-state index in [9.17, 15) is 18.0 Å². The van der Waals surface area contributed by atoms with Gasteiger partial charge in [-0.2, -0.15) is 27.8 Å². The first-order valence-electron chi connectivity index (χ1n) is 8.86. The van der Waals surface area contributed by atoms with Crippen molar-refractivity contribution < 1.29 is 18.0 Å². The molecule has 2 aromatic heterocycles. The minimum Gasteiger partial charge on any atom is -0.344 e. The Morgan fingerprint density at radius 3 is 2.63 bits per heavy atom. The van der Waals surface area contributed by atoms with E-state index in [-0.39, 0.29) is 17.5 Å². The molecule has 0 bridgehead atoms. The molecule has 2 aromatic rings. The molecule has 1 unspecified atom stereocenters. The van der Waals surface area contributed by atoms with Crippen molar-refractivity contribution in [1.82, 2.24) is 29.4 Å². The Balaban J connectivity index is 1.67. The van der Waals surface area contributed by atoms with Gasteiger partial charge in [0.05, 0.1) is 0 Å². The van der Waals surface area contributed by atoms with Crippen LogP contribution in [0, 0.1) is 0 Å². The maximum atomic E-state index is 13.3. The van der Waals surface area contributed by atoms with Crippen LogP contribution in [0.3, 0.4) is 0 Å². The minimum atomic E-state index is -4.60. The number of nitrogens with zero attached hydrogens (tertiary/aromatic N) is 7. The predicted molar refractivity (Wildman–Crippen MR) is 90.2 cm³/mol. The zero-order valence-electron chi connectivity index (χ0n) is 14.9. The number of carbonyl (C=O) groups excluding carboxylic acids is 1. The second kappa shape index (κ2) is 6.63. The van der Waals surface area contributed by atoms with Crippen LogP contribution in [-0.4, -0.2) is 81.1 Å². The first-order valence-corrected chi connectivity index (χ1v) is 8.86. The van der Waals surface area contributed by atoms with Crippen LogP contribution in [0.25, 0.3) is 5.78 Å². The van der Waals surface area contributed by atoms with E-state index < -0.39 is 17.9 Å². The van der Waals surface area contributed by atoms with E-state index >= 15 is 0 Å². The fourth-order valence-electron chi connectivity index (χ4n) is 3.68. The van der Waals surface area contributed by atoms with Gasteiger partial charge in [0.2, 0.25) is 5.91 Å². The van der Waals surface area contributed by atoms with Crippen molar-refractivity contribution in [1.29, 1.82) is 0 Å².